The average molecular weight is 243 g/mol. The Bertz CT molecular complexity index is 508. The second-order valence-corrected chi connectivity index (χ2v) is 4.46. The van der Waals surface area contributed by atoms with Gasteiger partial charge in [-0.25, -0.2) is 0 Å². The van der Waals surface area contributed by atoms with Crippen molar-refractivity contribution >= 4 is 16.6 Å². The van der Waals surface area contributed by atoms with Gasteiger partial charge in [-0.2, -0.15) is 0 Å². The first-order chi connectivity index (χ1) is 8.81. The number of aromatic nitrogens is 1. The molecular formula is C15H21N3. The lowest BCUT2D eigenvalue weighted by Gasteiger charge is -2.10. The summed E-state index contributed by atoms with van der Waals surface area (Å²) in [5, 5.41) is 8.04. The smallest absolute Gasteiger partial charge is 0.0725 e. The Labute approximate surface area is 109 Å². The summed E-state index contributed by atoms with van der Waals surface area (Å²) in [6.45, 7) is 7.26. The number of benzene rings is 1. The average Bonchev–Trinajstić information content (AvgIpc) is 2.38. The molecule has 3 nitrogen and oxygen atoms in total. The third kappa shape index (κ3) is 3.20. The van der Waals surface area contributed by atoms with E-state index in [1.54, 1.807) is 0 Å². The van der Waals surface area contributed by atoms with Crippen molar-refractivity contribution in [2.45, 2.75) is 20.3 Å². The molecule has 0 spiro atoms. The fourth-order valence-electron chi connectivity index (χ4n) is 2.07. The van der Waals surface area contributed by atoms with Gasteiger partial charge in [-0.05, 0) is 38.6 Å². The van der Waals surface area contributed by atoms with Crippen LogP contribution in [0.25, 0.3) is 10.9 Å². The predicted molar refractivity (Wildman–Crippen MR) is 78.1 cm³/mol. The monoisotopic (exact) mass is 243 g/mol. The molecule has 0 atom stereocenters. The Hall–Kier alpha value is -1.61. The van der Waals surface area contributed by atoms with E-state index in [4.69, 9.17) is 0 Å². The predicted octanol–water partition coefficient (Wildman–Crippen LogP) is 2.95. The summed E-state index contributed by atoms with van der Waals surface area (Å²) in [6, 6.07) is 10.4. The maximum atomic E-state index is 4.54. The largest absolute Gasteiger partial charge is 0.384 e. The van der Waals surface area contributed by atoms with Gasteiger partial charge in [0.25, 0.3) is 0 Å². The van der Waals surface area contributed by atoms with Crippen molar-refractivity contribution in [3.05, 3.63) is 36.0 Å². The highest BCUT2D eigenvalue weighted by atomic mass is 14.9. The second kappa shape index (κ2) is 6.36. The van der Waals surface area contributed by atoms with E-state index in [0.29, 0.717) is 0 Å². The molecule has 1 aromatic carbocycles. The molecule has 96 valence electrons. The molecule has 0 aliphatic rings. The van der Waals surface area contributed by atoms with Crippen LogP contribution in [0.3, 0.4) is 0 Å². The van der Waals surface area contributed by atoms with Crippen molar-refractivity contribution in [3.63, 3.8) is 0 Å². The second-order valence-electron chi connectivity index (χ2n) is 4.46. The van der Waals surface area contributed by atoms with Gasteiger partial charge in [0, 0.05) is 23.3 Å². The molecule has 2 N–H and O–H groups in total. The van der Waals surface area contributed by atoms with Gasteiger partial charge < -0.3 is 10.6 Å². The number of nitrogens with one attached hydrogen (secondary N) is 2. The topological polar surface area (TPSA) is 37.0 Å². The molecule has 0 aliphatic heterocycles. The molecule has 0 aliphatic carbocycles. The number of anilines is 1. The van der Waals surface area contributed by atoms with Crippen molar-refractivity contribution < 1.29 is 0 Å². The summed E-state index contributed by atoms with van der Waals surface area (Å²) in [7, 11) is 0. The van der Waals surface area contributed by atoms with Crippen molar-refractivity contribution in [2.24, 2.45) is 0 Å². The number of fused-ring (bicyclic) bond motifs is 1. The third-order valence-corrected chi connectivity index (χ3v) is 2.94. The first-order valence-corrected chi connectivity index (χ1v) is 6.62. The standard InChI is InChI=1S/C15H21N3/c1-3-16-9-6-10-17-15-11-12(2)18-14-8-5-4-7-13(14)15/h4-5,7-8,11,16H,3,6,9-10H2,1-2H3,(H,17,18). The molecule has 0 fully saturated rings. The van der Waals surface area contributed by atoms with Crippen LogP contribution >= 0.6 is 0 Å². The van der Waals surface area contributed by atoms with E-state index in [2.05, 4.69) is 46.8 Å². The van der Waals surface area contributed by atoms with E-state index in [0.717, 1.165) is 37.3 Å². The first kappa shape index (κ1) is 12.8. The van der Waals surface area contributed by atoms with Gasteiger partial charge in [-0.15, -0.1) is 0 Å². The summed E-state index contributed by atoms with van der Waals surface area (Å²) in [6.07, 6.45) is 1.13. The minimum absolute atomic E-state index is 0.987. The van der Waals surface area contributed by atoms with Crippen molar-refractivity contribution in [1.82, 2.24) is 10.3 Å². The molecule has 1 heterocycles. The van der Waals surface area contributed by atoms with Gasteiger partial charge in [0.2, 0.25) is 0 Å². The maximum Gasteiger partial charge on any atom is 0.0725 e. The van der Waals surface area contributed by atoms with Crippen LogP contribution in [-0.4, -0.2) is 24.6 Å². The fourth-order valence-corrected chi connectivity index (χ4v) is 2.07. The molecule has 1 aromatic heterocycles. The van der Waals surface area contributed by atoms with Crippen LogP contribution in [0, 0.1) is 6.92 Å². The van der Waals surface area contributed by atoms with E-state index < -0.39 is 0 Å². The Balaban J connectivity index is 2.07. The van der Waals surface area contributed by atoms with Crippen LogP contribution in [0.2, 0.25) is 0 Å². The van der Waals surface area contributed by atoms with Gasteiger partial charge in [-0.1, -0.05) is 25.1 Å². The number of aryl methyl sites for hydroxylation is 1. The fraction of sp³-hybridized carbons (Fsp3) is 0.400. The number of pyridine rings is 1. The molecule has 0 unspecified atom stereocenters. The SMILES string of the molecule is CCNCCCNc1cc(C)nc2ccccc12. The van der Waals surface area contributed by atoms with Gasteiger partial charge in [-0.3, -0.25) is 4.98 Å². The lowest BCUT2D eigenvalue weighted by molar-refractivity contribution is 0.689. The molecule has 0 amide bonds. The number of para-hydroxylation sites is 1. The molecule has 0 saturated heterocycles. The molecule has 0 bridgehead atoms. The lowest BCUT2D eigenvalue weighted by atomic mass is 10.1. The summed E-state index contributed by atoms with van der Waals surface area (Å²) >= 11 is 0. The van der Waals surface area contributed by atoms with Gasteiger partial charge in [0.1, 0.15) is 0 Å². The molecule has 0 radical (unpaired) electrons. The van der Waals surface area contributed by atoms with Crippen molar-refractivity contribution in [3.8, 4) is 0 Å². The van der Waals surface area contributed by atoms with Crippen molar-refractivity contribution in [1.29, 1.82) is 0 Å². The van der Waals surface area contributed by atoms with Crippen LogP contribution < -0.4 is 10.6 Å². The van der Waals surface area contributed by atoms with Gasteiger partial charge in [0.15, 0.2) is 0 Å². The molecule has 0 saturated carbocycles. The highest BCUT2D eigenvalue weighted by Crippen LogP contribution is 2.22. The summed E-state index contributed by atoms with van der Waals surface area (Å²) < 4.78 is 0. The molecular weight excluding hydrogens is 222 g/mol. The van der Waals surface area contributed by atoms with Crippen LogP contribution in [0.15, 0.2) is 30.3 Å². The van der Waals surface area contributed by atoms with E-state index in [-0.39, 0.29) is 0 Å². The zero-order chi connectivity index (χ0) is 12.8. The maximum absolute atomic E-state index is 4.54. The van der Waals surface area contributed by atoms with Crippen LogP contribution in [0.5, 0.6) is 0 Å². The Morgan fingerprint density at radius 2 is 2.00 bits per heavy atom. The number of rotatable bonds is 6. The van der Waals surface area contributed by atoms with Crippen LogP contribution in [0.1, 0.15) is 19.0 Å². The number of hydrogen-bond acceptors (Lipinski definition) is 3. The highest BCUT2D eigenvalue weighted by Gasteiger charge is 2.02. The minimum Gasteiger partial charge on any atom is -0.384 e. The first-order valence-electron chi connectivity index (χ1n) is 6.62. The summed E-state index contributed by atoms with van der Waals surface area (Å²) in [5.74, 6) is 0. The molecule has 2 aromatic rings. The van der Waals surface area contributed by atoms with E-state index in [1.807, 2.05) is 13.0 Å². The highest BCUT2D eigenvalue weighted by molar-refractivity contribution is 5.91. The minimum atomic E-state index is 0.987. The molecule has 18 heavy (non-hydrogen) atoms. The van der Waals surface area contributed by atoms with Gasteiger partial charge >= 0.3 is 0 Å². The van der Waals surface area contributed by atoms with Gasteiger partial charge in [0.05, 0.1) is 5.52 Å². The van der Waals surface area contributed by atoms with E-state index in [9.17, 15) is 0 Å². The number of nitrogens with zero attached hydrogens (tertiary/aromatic N) is 1. The van der Waals surface area contributed by atoms with E-state index >= 15 is 0 Å². The Kier molecular flexibility index (Phi) is 4.53. The van der Waals surface area contributed by atoms with Crippen LogP contribution in [0.4, 0.5) is 5.69 Å². The quantitative estimate of drug-likeness (QED) is 0.766. The van der Waals surface area contributed by atoms with Crippen LogP contribution in [-0.2, 0) is 0 Å². The zero-order valence-corrected chi connectivity index (χ0v) is 11.2. The lowest BCUT2D eigenvalue weighted by Crippen LogP contribution is -2.17. The Morgan fingerprint density at radius 1 is 1.17 bits per heavy atom. The van der Waals surface area contributed by atoms with Crippen molar-refractivity contribution in [2.75, 3.05) is 25.0 Å². The zero-order valence-electron chi connectivity index (χ0n) is 11.2. The van der Waals surface area contributed by atoms with E-state index in [1.165, 1.54) is 11.1 Å². The summed E-state index contributed by atoms with van der Waals surface area (Å²) in [4.78, 5) is 4.54. The number of hydrogen-bond donors (Lipinski definition) is 2. The molecule has 2 rings (SSSR count). The third-order valence-electron chi connectivity index (χ3n) is 2.94. The normalized spacial score (nSPS) is 10.8. The molecule has 3 heteroatoms. The summed E-state index contributed by atoms with van der Waals surface area (Å²) in [5.41, 5.74) is 3.31. The Morgan fingerprint density at radius 3 is 2.83 bits per heavy atom.